The molecule has 0 aromatic heterocycles. The molecule has 2 aromatic rings. The van der Waals surface area contributed by atoms with Crippen LogP contribution in [-0.4, -0.2) is 13.0 Å². The quantitative estimate of drug-likeness (QED) is 0.259. The van der Waals surface area contributed by atoms with Gasteiger partial charge in [0.15, 0.2) is 0 Å². The van der Waals surface area contributed by atoms with Crippen molar-refractivity contribution < 1.29 is 74.2 Å². The Kier molecular flexibility index (Phi) is 14.2. The van der Waals surface area contributed by atoms with E-state index >= 15 is 0 Å². The zero-order valence-corrected chi connectivity index (χ0v) is 22.7. The predicted molar refractivity (Wildman–Crippen MR) is 118 cm³/mol. The maximum absolute atomic E-state index is 12.4. The maximum atomic E-state index is 12.4. The van der Waals surface area contributed by atoms with E-state index < -0.39 is 10.1 Å². The molecule has 0 heterocycles. The molecule has 0 amide bonds. The molecule has 166 valence electrons. The van der Waals surface area contributed by atoms with Crippen LogP contribution in [0.2, 0.25) is 0 Å². The molecule has 5 nitrogen and oxygen atoms in total. The van der Waals surface area contributed by atoms with Crippen molar-refractivity contribution in [2.45, 2.75) is 82.4 Å². The molecule has 0 atom stereocenters. The van der Waals surface area contributed by atoms with Gasteiger partial charge in [0.25, 0.3) is 10.1 Å². The van der Waals surface area contributed by atoms with Gasteiger partial charge in [0.1, 0.15) is 16.4 Å². The van der Waals surface area contributed by atoms with Crippen LogP contribution in [0, 0.1) is 0 Å². The molecule has 0 bridgehead atoms. The zero-order valence-electron chi connectivity index (χ0n) is 18.8. The van der Waals surface area contributed by atoms with E-state index in [0.717, 1.165) is 25.3 Å². The average Bonchev–Trinajstić information content (AvgIpc) is 2.70. The van der Waals surface area contributed by atoms with Crippen molar-refractivity contribution in [1.29, 1.82) is 0 Å². The molecule has 31 heavy (non-hydrogen) atoms. The molecule has 0 unspecified atom stereocenters. The second-order valence-corrected chi connectivity index (χ2v) is 9.12. The van der Waals surface area contributed by atoms with Gasteiger partial charge in [0.2, 0.25) is 0 Å². The molecular formula is C24H33KO5S. The van der Waals surface area contributed by atoms with E-state index in [4.69, 9.17) is 4.74 Å². The minimum Gasteiger partial charge on any atom is -0.872 e. The molecule has 0 spiro atoms. The van der Waals surface area contributed by atoms with Gasteiger partial charge in [-0.1, -0.05) is 88.5 Å². The number of benzene rings is 2. The Morgan fingerprint density at radius 2 is 1.42 bits per heavy atom. The van der Waals surface area contributed by atoms with Crippen LogP contribution in [0.15, 0.2) is 47.4 Å². The molecule has 2 aromatic carbocycles. The topological polar surface area (TPSA) is 86.7 Å². The Hall–Kier alpha value is -0.414. The summed E-state index contributed by atoms with van der Waals surface area (Å²) in [7, 11) is -4.51. The SMILES string of the molecule is CCCCCCCCCCCCc1cc(S(=O)(=O)O)c(Oc2ccccc2)cc1[O-].[K+]. The van der Waals surface area contributed by atoms with Gasteiger partial charge in [-0.2, -0.15) is 8.42 Å². The van der Waals surface area contributed by atoms with Gasteiger partial charge in [-0.05, 0) is 37.1 Å². The fourth-order valence-electron chi connectivity index (χ4n) is 3.48. The van der Waals surface area contributed by atoms with Gasteiger partial charge in [-0.15, -0.1) is 5.75 Å². The molecule has 0 fully saturated rings. The number of ether oxygens (including phenoxy) is 1. The van der Waals surface area contributed by atoms with Gasteiger partial charge in [-0.3, -0.25) is 4.55 Å². The van der Waals surface area contributed by atoms with Crippen LogP contribution in [0.5, 0.6) is 17.2 Å². The van der Waals surface area contributed by atoms with E-state index in [9.17, 15) is 18.1 Å². The predicted octanol–water partition coefficient (Wildman–Crippen LogP) is 3.27. The number of aryl methyl sites for hydroxylation is 1. The summed E-state index contributed by atoms with van der Waals surface area (Å²) in [5.41, 5.74) is 0.391. The maximum Gasteiger partial charge on any atom is 1.00 e. The van der Waals surface area contributed by atoms with Crippen molar-refractivity contribution >= 4 is 10.1 Å². The number of hydrogen-bond donors (Lipinski definition) is 1. The largest absolute Gasteiger partial charge is 1.00 e. The molecule has 0 saturated heterocycles. The Balaban J connectivity index is 0.00000480. The number of rotatable bonds is 14. The van der Waals surface area contributed by atoms with Crippen LogP contribution >= 0.6 is 0 Å². The molecule has 2 rings (SSSR count). The van der Waals surface area contributed by atoms with Crippen molar-refractivity contribution in [3.05, 3.63) is 48.0 Å². The van der Waals surface area contributed by atoms with Crippen LogP contribution < -0.4 is 61.2 Å². The van der Waals surface area contributed by atoms with Crippen LogP contribution in [0.1, 0.15) is 76.7 Å². The van der Waals surface area contributed by atoms with Crippen molar-refractivity contribution in [3.8, 4) is 17.2 Å². The summed E-state index contributed by atoms with van der Waals surface area (Å²) >= 11 is 0. The minimum absolute atomic E-state index is 0. The second-order valence-electron chi connectivity index (χ2n) is 7.73. The number of hydrogen-bond acceptors (Lipinski definition) is 4. The van der Waals surface area contributed by atoms with E-state index in [2.05, 4.69) is 6.92 Å². The summed E-state index contributed by atoms with van der Waals surface area (Å²) in [4.78, 5) is -0.368. The normalized spacial score (nSPS) is 11.2. The molecule has 0 radical (unpaired) electrons. The van der Waals surface area contributed by atoms with Gasteiger partial charge in [-0.25, -0.2) is 0 Å². The van der Waals surface area contributed by atoms with Crippen LogP contribution in [-0.2, 0) is 16.5 Å². The van der Waals surface area contributed by atoms with Crippen molar-refractivity contribution in [3.63, 3.8) is 0 Å². The van der Waals surface area contributed by atoms with Crippen molar-refractivity contribution in [1.82, 2.24) is 0 Å². The Bertz CT molecular complexity index is 869. The Morgan fingerprint density at radius 3 is 1.97 bits per heavy atom. The third-order valence-electron chi connectivity index (χ3n) is 5.18. The first-order chi connectivity index (χ1) is 14.4. The number of unbranched alkanes of at least 4 members (excludes halogenated alkanes) is 9. The molecule has 1 N–H and O–H groups in total. The van der Waals surface area contributed by atoms with E-state index in [-0.39, 0.29) is 67.8 Å². The summed E-state index contributed by atoms with van der Waals surface area (Å²) < 4.78 is 38.8. The van der Waals surface area contributed by atoms with Crippen LogP contribution in [0.4, 0.5) is 0 Å². The van der Waals surface area contributed by atoms with E-state index in [1.807, 2.05) is 0 Å². The zero-order chi connectivity index (χ0) is 21.8. The Morgan fingerprint density at radius 1 is 0.871 bits per heavy atom. The Labute approximate surface area is 229 Å². The summed E-state index contributed by atoms with van der Waals surface area (Å²) in [5.74, 6) is -0.0333. The summed E-state index contributed by atoms with van der Waals surface area (Å²) in [6, 6.07) is 11.0. The standard InChI is InChI=1S/C24H34O5S.K/c1-2-3-4-5-6-7-8-9-10-12-15-20-18-24(30(26,27)28)23(19-22(20)25)29-21-16-13-11-14-17-21;/h11,13-14,16-19,25H,2-10,12,15H2,1H3,(H,26,27,28);/q;+1/p-1. The van der Waals surface area contributed by atoms with Crippen molar-refractivity contribution in [2.75, 3.05) is 0 Å². The van der Waals surface area contributed by atoms with Crippen LogP contribution in [0.25, 0.3) is 0 Å². The van der Waals surface area contributed by atoms with Crippen LogP contribution in [0.3, 0.4) is 0 Å². The van der Waals surface area contributed by atoms with E-state index in [1.165, 1.54) is 51.0 Å². The van der Waals surface area contributed by atoms with Gasteiger partial charge in [0.05, 0.1) is 0 Å². The fraction of sp³-hybridized carbons (Fsp3) is 0.500. The minimum atomic E-state index is -4.51. The monoisotopic (exact) mass is 472 g/mol. The smallest absolute Gasteiger partial charge is 0.872 e. The third-order valence-corrected chi connectivity index (χ3v) is 6.05. The first-order valence-corrected chi connectivity index (χ1v) is 12.4. The second kappa shape index (κ2) is 15.4. The average molecular weight is 473 g/mol. The third kappa shape index (κ3) is 10.8. The molecular weight excluding hydrogens is 439 g/mol. The summed E-state index contributed by atoms with van der Waals surface area (Å²) in [6.45, 7) is 2.22. The van der Waals surface area contributed by atoms with Crippen molar-refractivity contribution in [2.24, 2.45) is 0 Å². The van der Waals surface area contributed by atoms with Gasteiger partial charge in [0, 0.05) is 0 Å². The van der Waals surface area contributed by atoms with E-state index in [1.54, 1.807) is 30.3 Å². The van der Waals surface area contributed by atoms with Gasteiger partial charge < -0.3 is 9.84 Å². The first-order valence-electron chi connectivity index (χ1n) is 11.0. The molecule has 0 saturated carbocycles. The summed E-state index contributed by atoms with van der Waals surface area (Å²) in [5, 5.41) is 12.4. The summed E-state index contributed by atoms with van der Waals surface area (Å²) in [6.07, 6.45) is 12.3. The molecule has 0 aliphatic heterocycles. The molecule has 7 heteroatoms. The first kappa shape index (κ1) is 28.6. The molecule has 0 aliphatic carbocycles. The molecule has 0 aliphatic rings. The number of para-hydroxylation sites is 1. The van der Waals surface area contributed by atoms with E-state index in [0.29, 0.717) is 17.7 Å². The fourth-order valence-corrected chi connectivity index (χ4v) is 4.12. The van der Waals surface area contributed by atoms with Gasteiger partial charge >= 0.3 is 51.4 Å².